The maximum Gasteiger partial charge on any atom is 0.0914 e. The molecule has 0 aliphatic rings. The molecule has 0 radical (unpaired) electrons. The molecular weight excluding hydrogens is 200 g/mol. The molecule has 0 saturated heterocycles. The van der Waals surface area contributed by atoms with Gasteiger partial charge in [-0.2, -0.15) is 0 Å². The topological polar surface area (TPSA) is 37.5 Å². The Kier molecular flexibility index (Phi) is 2.17. The van der Waals surface area contributed by atoms with Crippen LogP contribution in [0.2, 0.25) is 5.02 Å². The minimum absolute atomic E-state index is 0.612. The van der Waals surface area contributed by atoms with Crippen LogP contribution in [0.4, 0.5) is 0 Å². The molecule has 0 fully saturated rings. The van der Waals surface area contributed by atoms with Crippen LogP contribution >= 0.6 is 11.6 Å². The molecule has 0 aliphatic heterocycles. The summed E-state index contributed by atoms with van der Waals surface area (Å²) in [5.74, 6) is 0. The monoisotopic (exact) mass is 208 g/mol. The molecule has 2 rings (SSSR count). The number of para-hydroxylation sites is 1. The van der Waals surface area contributed by atoms with Gasteiger partial charge in [-0.1, -0.05) is 35.0 Å². The SMILES string of the molecule is Cn1c(/C=N/O)c(Cl)c2ccccc21. The summed E-state index contributed by atoms with van der Waals surface area (Å²) >= 11 is 6.12. The van der Waals surface area contributed by atoms with Crippen molar-refractivity contribution in [1.82, 2.24) is 4.57 Å². The van der Waals surface area contributed by atoms with Gasteiger partial charge in [-0.15, -0.1) is 0 Å². The predicted molar refractivity (Wildman–Crippen MR) is 57.3 cm³/mol. The van der Waals surface area contributed by atoms with E-state index < -0.39 is 0 Å². The molecule has 0 atom stereocenters. The maximum atomic E-state index is 8.49. The first-order chi connectivity index (χ1) is 6.75. The van der Waals surface area contributed by atoms with E-state index in [1.165, 1.54) is 6.21 Å². The molecular formula is C10H9ClN2O. The lowest BCUT2D eigenvalue weighted by atomic mass is 10.2. The van der Waals surface area contributed by atoms with Crippen molar-refractivity contribution in [3.63, 3.8) is 0 Å². The van der Waals surface area contributed by atoms with Crippen molar-refractivity contribution >= 4 is 28.7 Å². The van der Waals surface area contributed by atoms with E-state index in [-0.39, 0.29) is 0 Å². The predicted octanol–water partition coefficient (Wildman–Crippen LogP) is 2.64. The van der Waals surface area contributed by atoms with Gasteiger partial charge in [0.2, 0.25) is 0 Å². The number of oxime groups is 1. The van der Waals surface area contributed by atoms with Gasteiger partial charge in [0, 0.05) is 18.0 Å². The highest BCUT2D eigenvalue weighted by Gasteiger charge is 2.10. The summed E-state index contributed by atoms with van der Waals surface area (Å²) in [6.07, 6.45) is 1.34. The Morgan fingerprint density at radius 2 is 2.14 bits per heavy atom. The van der Waals surface area contributed by atoms with Crippen molar-refractivity contribution in [3.8, 4) is 0 Å². The Hall–Kier alpha value is -1.48. The molecule has 0 aliphatic carbocycles. The van der Waals surface area contributed by atoms with Gasteiger partial charge in [0.05, 0.1) is 16.9 Å². The molecule has 1 aromatic heterocycles. The van der Waals surface area contributed by atoms with Crippen molar-refractivity contribution in [2.75, 3.05) is 0 Å². The fourth-order valence-corrected chi connectivity index (χ4v) is 1.90. The number of aromatic nitrogens is 1. The third-order valence-electron chi connectivity index (χ3n) is 2.27. The number of halogens is 1. The van der Waals surface area contributed by atoms with Gasteiger partial charge in [0.15, 0.2) is 0 Å². The quantitative estimate of drug-likeness (QED) is 0.437. The van der Waals surface area contributed by atoms with Gasteiger partial charge >= 0.3 is 0 Å². The number of aryl methyl sites for hydroxylation is 1. The van der Waals surface area contributed by atoms with Crippen molar-refractivity contribution in [2.24, 2.45) is 12.2 Å². The number of benzene rings is 1. The third-order valence-corrected chi connectivity index (χ3v) is 2.67. The summed E-state index contributed by atoms with van der Waals surface area (Å²) in [6, 6.07) is 7.77. The molecule has 1 heterocycles. The first-order valence-corrected chi connectivity index (χ1v) is 4.54. The molecule has 4 heteroatoms. The lowest BCUT2D eigenvalue weighted by Gasteiger charge is -1.96. The van der Waals surface area contributed by atoms with Crippen LogP contribution in [0.3, 0.4) is 0 Å². The zero-order chi connectivity index (χ0) is 10.1. The molecule has 0 amide bonds. The largest absolute Gasteiger partial charge is 0.411 e. The van der Waals surface area contributed by atoms with E-state index >= 15 is 0 Å². The van der Waals surface area contributed by atoms with E-state index in [1.54, 1.807) is 0 Å². The zero-order valence-corrected chi connectivity index (χ0v) is 8.36. The fraction of sp³-hybridized carbons (Fsp3) is 0.100. The van der Waals surface area contributed by atoms with E-state index in [0.717, 1.165) is 10.9 Å². The summed E-state index contributed by atoms with van der Waals surface area (Å²) in [7, 11) is 1.88. The first kappa shape index (κ1) is 9.09. The zero-order valence-electron chi connectivity index (χ0n) is 7.61. The van der Waals surface area contributed by atoms with Crippen molar-refractivity contribution in [2.45, 2.75) is 0 Å². The molecule has 0 saturated carbocycles. The first-order valence-electron chi connectivity index (χ1n) is 4.16. The second-order valence-electron chi connectivity index (χ2n) is 3.02. The minimum atomic E-state index is 0.612. The van der Waals surface area contributed by atoms with Crippen molar-refractivity contribution < 1.29 is 5.21 Å². The minimum Gasteiger partial charge on any atom is -0.411 e. The van der Waals surface area contributed by atoms with E-state index in [2.05, 4.69) is 5.16 Å². The van der Waals surface area contributed by atoms with Gasteiger partial charge in [-0.3, -0.25) is 0 Å². The van der Waals surface area contributed by atoms with Crippen LogP contribution in [0.25, 0.3) is 10.9 Å². The van der Waals surface area contributed by atoms with Crippen LogP contribution < -0.4 is 0 Å². The Bertz CT molecular complexity index is 463. The van der Waals surface area contributed by atoms with E-state index in [1.807, 2.05) is 35.9 Å². The number of rotatable bonds is 1. The van der Waals surface area contributed by atoms with Crippen LogP contribution in [0.5, 0.6) is 0 Å². The molecule has 0 bridgehead atoms. The second-order valence-corrected chi connectivity index (χ2v) is 3.40. The number of fused-ring (bicyclic) bond motifs is 1. The fourth-order valence-electron chi connectivity index (χ4n) is 1.56. The summed E-state index contributed by atoms with van der Waals surface area (Å²) in [6.45, 7) is 0. The van der Waals surface area contributed by atoms with E-state index in [9.17, 15) is 0 Å². The number of hydrogen-bond acceptors (Lipinski definition) is 2. The van der Waals surface area contributed by atoms with Gasteiger partial charge < -0.3 is 9.77 Å². The van der Waals surface area contributed by atoms with Crippen molar-refractivity contribution in [1.29, 1.82) is 0 Å². The highest BCUT2D eigenvalue weighted by molar-refractivity contribution is 6.38. The van der Waals surface area contributed by atoms with Crippen LogP contribution in [0.1, 0.15) is 5.69 Å². The highest BCUT2D eigenvalue weighted by atomic mass is 35.5. The number of nitrogens with zero attached hydrogens (tertiary/aromatic N) is 2. The van der Waals surface area contributed by atoms with E-state index in [0.29, 0.717) is 10.7 Å². The van der Waals surface area contributed by atoms with E-state index in [4.69, 9.17) is 16.8 Å². The Balaban J connectivity index is 2.85. The average molecular weight is 209 g/mol. The molecule has 0 unspecified atom stereocenters. The molecule has 0 spiro atoms. The van der Waals surface area contributed by atoms with Crippen molar-refractivity contribution in [3.05, 3.63) is 35.0 Å². The smallest absolute Gasteiger partial charge is 0.0914 e. The van der Waals surface area contributed by atoms with Crippen LogP contribution in [0.15, 0.2) is 29.4 Å². The van der Waals surface area contributed by atoms with Crippen LogP contribution in [-0.4, -0.2) is 16.0 Å². The molecule has 1 N–H and O–H groups in total. The Morgan fingerprint density at radius 3 is 2.79 bits per heavy atom. The molecule has 2 aromatic rings. The lowest BCUT2D eigenvalue weighted by molar-refractivity contribution is 0.321. The molecule has 14 heavy (non-hydrogen) atoms. The summed E-state index contributed by atoms with van der Waals surface area (Å²) in [4.78, 5) is 0. The van der Waals surface area contributed by atoms with Gasteiger partial charge in [0.25, 0.3) is 0 Å². The third kappa shape index (κ3) is 1.17. The lowest BCUT2D eigenvalue weighted by Crippen LogP contribution is -1.94. The second kappa shape index (κ2) is 3.35. The summed E-state index contributed by atoms with van der Waals surface area (Å²) < 4.78 is 1.89. The van der Waals surface area contributed by atoms with Gasteiger partial charge in [0.1, 0.15) is 0 Å². The summed E-state index contributed by atoms with van der Waals surface area (Å²) in [5, 5.41) is 13.1. The standard InChI is InChI=1S/C10H9ClN2O/c1-13-8-5-3-2-4-7(8)10(11)9(13)6-12-14/h2-6,14H,1H3/b12-6+. The van der Waals surface area contributed by atoms with Crippen LogP contribution in [0, 0.1) is 0 Å². The highest BCUT2D eigenvalue weighted by Crippen LogP contribution is 2.28. The molecule has 72 valence electrons. The van der Waals surface area contributed by atoms with Gasteiger partial charge in [-0.05, 0) is 6.07 Å². The van der Waals surface area contributed by atoms with Crippen LogP contribution in [-0.2, 0) is 7.05 Å². The summed E-state index contributed by atoms with van der Waals surface area (Å²) in [5.41, 5.74) is 1.72. The molecule has 3 nitrogen and oxygen atoms in total. The number of hydrogen-bond donors (Lipinski definition) is 1. The molecule has 1 aromatic carbocycles. The maximum absolute atomic E-state index is 8.49. The Labute approximate surface area is 86.2 Å². The average Bonchev–Trinajstić information content (AvgIpc) is 2.45. The normalized spacial score (nSPS) is 11.6. The Morgan fingerprint density at radius 1 is 1.43 bits per heavy atom. The van der Waals surface area contributed by atoms with Gasteiger partial charge in [-0.25, -0.2) is 0 Å².